The van der Waals surface area contributed by atoms with E-state index in [-0.39, 0.29) is 22.1 Å². The third kappa shape index (κ3) is 3.44. The normalized spacial score (nSPS) is 23.6. The molecule has 21 heavy (non-hydrogen) atoms. The van der Waals surface area contributed by atoms with E-state index >= 15 is 0 Å². The van der Waals surface area contributed by atoms with Gasteiger partial charge in [-0.3, -0.25) is 10.1 Å². The van der Waals surface area contributed by atoms with Crippen LogP contribution in [0.2, 0.25) is 0 Å². The highest BCUT2D eigenvalue weighted by atomic mass is 79.9. The van der Waals surface area contributed by atoms with Gasteiger partial charge in [0, 0.05) is 40.7 Å². The van der Waals surface area contributed by atoms with Crippen molar-refractivity contribution in [1.29, 1.82) is 0 Å². The van der Waals surface area contributed by atoms with Gasteiger partial charge < -0.3 is 10.1 Å². The van der Waals surface area contributed by atoms with Gasteiger partial charge in [0.15, 0.2) is 0 Å². The molecule has 0 amide bonds. The van der Waals surface area contributed by atoms with Gasteiger partial charge in [-0.15, -0.1) is 0 Å². The van der Waals surface area contributed by atoms with Gasteiger partial charge >= 0.3 is 0 Å². The molecule has 6 heteroatoms. The van der Waals surface area contributed by atoms with Crippen molar-refractivity contribution < 1.29 is 9.66 Å². The largest absolute Gasteiger partial charge is 0.378 e. The van der Waals surface area contributed by atoms with E-state index in [0.717, 1.165) is 17.5 Å². The van der Waals surface area contributed by atoms with E-state index in [1.54, 1.807) is 12.1 Å². The van der Waals surface area contributed by atoms with Crippen LogP contribution in [0.25, 0.3) is 0 Å². The second kappa shape index (κ2) is 6.42. The Balaban J connectivity index is 2.01. The maximum Gasteiger partial charge on any atom is 0.273 e. The van der Waals surface area contributed by atoms with Crippen LogP contribution in [0.4, 0.5) is 5.69 Å². The van der Waals surface area contributed by atoms with E-state index in [0.29, 0.717) is 18.2 Å². The smallest absolute Gasteiger partial charge is 0.273 e. The molecule has 0 aromatic heterocycles. The van der Waals surface area contributed by atoms with Gasteiger partial charge in [-0.1, -0.05) is 29.8 Å². The summed E-state index contributed by atoms with van der Waals surface area (Å²) in [5, 5.41) is 14.5. The molecular weight excluding hydrogens is 336 g/mol. The molecule has 2 atom stereocenters. The fraction of sp³-hybridized carbons (Fsp3) is 0.600. The number of benzene rings is 1. The number of ether oxygens (including phenoxy) is 1. The van der Waals surface area contributed by atoms with Gasteiger partial charge in [0.1, 0.15) is 0 Å². The Kier molecular flexibility index (Phi) is 5.01. The SMILES string of the molecule is CCOC1CC(NCc2cc(Br)ccc2[N+](=O)[O-])C1(C)C. The number of nitro benzene ring substituents is 1. The van der Waals surface area contributed by atoms with Crippen molar-refractivity contribution in [2.45, 2.75) is 45.9 Å². The Labute approximate surface area is 133 Å². The molecule has 1 aromatic rings. The Morgan fingerprint density at radius 2 is 2.24 bits per heavy atom. The van der Waals surface area contributed by atoms with E-state index in [9.17, 15) is 10.1 Å². The maximum atomic E-state index is 11.1. The number of nitrogens with zero attached hydrogens (tertiary/aromatic N) is 1. The van der Waals surface area contributed by atoms with E-state index < -0.39 is 0 Å². The van der Waals surface area contributed by atoms with Gasteiger partial charge in [-0.25, -0.2) is 0 Å². The van der Waals surface area contributed by atoms with Crippen LogP contribution in [0.15, 0.2) is 22.7 Å². The number of halogens is 1. The Hall–Kier alpha value is -0.980. The van der Waals surface area contributed by atoms with Gasteiger partial charge in [0.05, 0.1) is 11.0 Å². The zero-order valence-corrected chi connectivity index (χ0v) is 14.1. The first kappa shape index (κ1) is 16.4. The van der Waals surface area contributed by atoms with Crippen LogP contribution in [0, 0.1) is 15.5 Å². The predicted octanol–water partition coefficient (Wildman–Crippen LogP) is 3.65. The second-order valence-electron chi connectivity index (χ2n) is 5.96. The summed E-state index contributed by atoms with van der Waals surface area (Å²) < 4.78 is 6.55. The summed E-state index contributed by atoms with van der Waals surface area (Å²) in [7, 11) is 0. The lowest BCUT2D eigenvalue weighted by atomic mass is 9.64. The molecule has 1 aliphatic carbocycles. The van der Waals surface area contributed by atoms with E-state index in [2.05, 4.69) is 35.1 Å². The highest BCUT2D eigenvalue weighted by molar-refractivity contribution is 9.10. The molecule has 2 unspecified atom stereocenters. The summed E-state index contributed by atoms with van der Waals surface area (Å²) in [5.41, 5.74) is 0.908. The number of rotatable bonds is 6. The van der Waals surface area contributed by atoms with Gasteiger partial charge in [-0.2, -0.15) is 0 Å². The molecule has 1 saturated carbocycles. The average Bonchev–Trinajstić information content (AvgIpc) is 2.41. The Bertz CT molecular complexity index is 534. The predicted molar refractivity (Wildman–Crippen MR) is 85.2 cm³/mol. The standard InChI is InChI=1S/C15H21BrN2O3/c1-4-21-14-8-13(15(14,2)3)17-9-10-7-11(16)5-6-12(10)18(19)20/h5-7,13-14,17H,4,8-9H2,1-3H3. The van der Waals surface area contributed by atoms with E-state index in [4.69, 9.17) is 4.74 Å². The van der Waals surface area contributed by atoms with E-state index in [1.165, 1.54) is 6.07 Å². The summed E-state index contributed by atoms with van der Waals surface area (Å²) in [5.74, 6) is 0. The average molecular weight is 357 g/mol. The number of hydrogen-bond donors (Lipinski definition) is 1. The lowest BCUT2D eigenvalue weighted by Gasteiger charge is -2.52. The van der Waals surface area contributed by atoms with Crippen LogP contribution in [-0.4, -0.2) is 23.7 Å². The van der Waals surface area contributed by atoms with Gasteiger partial charge in [-0.05, 0) is 25.5 Å². The van der Waals surface area contributed by atoms with Crippen molar-refractivity contribution in [1.82, 2.24) is 5.32 Å². The summed E-state index contributed by atoms with van der Waals surface area (Å²) in [4.78, 5) is 10.7. The number of nitro groups is 1. The molecule has 0 radical (unpaired) electrons. The Morgan fingerprint density at radius 1 is 1.52 bits per heavy atom. The minimum absolute atomic E-state index is 0.0524. The molecule has 1 fully saturated rings. The monoisotopic (exact) mass is 356 g/mol. The third-order valence-corrected chi connectivity index (χ3v) is 4.82. The topological polar surface area (TPSA) is 64.4 Å². The molecule has 1 N–H and O–H groups in total. The minimum atomic E-state index is -0.335. The molecule has 0 spiro atoms. The van der Waals surface area contributed by atoms with Crippen LogP contribution in [0.5, 0.6) is 0 Å². The molecule has 0 aliphatic heterocycles. The third-order valence-electron chi connectivity index (χ3n) is 4.32. The van der Waals surface area contributed by atoms with Crippen molar-refractivity contribution in [3.05, 3.63) is 38.3 Å². The molecule has 1 aliphatic rings. The molecule has 2 rings (SSSR count). The summed E-state index contributed by atoms with van der Waals surface area (Å²) in [6.07, 6.45) is 1.21. The van der Waals surface area contributed by atoms with Crippen LogP contribution < -0.4 is 5.32 Å². The first-order valence-corrected chi connectivity index (χ1v) is 7.93. The highest BCUT2D eigenvalue weighted by Crippen LogP contribution is 2.43. The maximum absolute atomic E-state index is 11.1. The first-order valence-electron chi connectivity index (χ1n) is 7.14. The van der Waals surface area contributed by atoms with Crippen molar-refractivity contribution in [3.63, 3.8) is 0 Å². The quantitative estimate of drug-likeness (QED) is 0.624. The number of hydrogen-bond acceptors (Lipinski definition) is 4. The zero-order chi connectivity index (χ0) is 15.6. The first-order chi connectivity index (χ1) is 9.86. The number of nitrogens with one attached hydrogen (secondary N) is 1. The fourth-order valence-electron chi connectivity index (χ4n) is 2.82. The molecular formula is C15H21BrN2O3. The van der Waals surface area contributed by atoms with Crippen molar-refractivity contribution in [3.8, 4) is 0 Å². The van der Waals surface area contributed by atoms with Crippen LogP contribution in [-0.2, 0) is 11.3 Å². The zero-order valence-electron chi connectivity index (χ0n) is 12.6. The Morgan fingerprint density at radius 3 is 2.81 bits per heavy atom. The summed E-state index contributed by atoms with van der Waals surface area (Å²) >= 11 is 3.37. The van der Waals surface area contributed by atoms with Crippen molar-refractivity contribution >= 4 is 21.6 Å². The summed E-state index contributed by atoms with van der Waals surface area (Å²) in [6.45, 7) is 7.55. The fourth-order valence-corrected chi connectivity index (χ4v) is 3.23. The van der Waals surface area contributed by atoms with Crippen LogP contribution in [0.3, 0.4) is 0 Å². The highest BCUT2D eigenvalue weighted by Gasteiger charge is 2.48. The lowest BCUT2D eigenvalue weighted by Crippen LogP contribution is -2.60. The van der Waals surface area contributed by atoms with Crippen molar-refractivity contribution in [2.75, 3.05) is 6.61 Å². The van der Waals surface area contributed by atoms with Crippen molar-refractivity contribution in [2.24, 2.45) is 5.41 Å². The second-order valence-corrected chi connectivity index (χ2v) is 6.88. The summed E-state index contributed by atoms with van der Waals surface area (Å²) in [6, 6.07) is 5.35. The van der Waals surface area contributed by atoms with E-state index in [1.807, 2.05) is 6.92 Å². The molecule has 1 aromatic carbocycles. The van der Waals surface area contributed by atoms with Gasteiger partial charge in [0.2, 0.25) is 0 Å². The minimum Gasteiger partial charge on any atom is -0.378 e. The van der Waals surface area contributed by atoms with Gasteiger partial charge in [0.25, 0.3) is 5.69 Å². The molecule has 116 valence electrons. The molecule has 0 bridgehead atoms. The van der Waals surface area contributed by atoms with Crippen LogP contribution >= 0.6 is 15.9 Å². The molecule has 5 nitrogen and oxygen atoms in total. The molecule has 0 heterocycles. The lowest BCUT2D eigenvalue weighted by molar-refractivity contribution is -0.385. The van der Waals surface area contributed by atoms with Crippen LogP contribution in [0.1, 0.15) is 32.8 Å². The molecule has 0 saturated heterocycles.